The molecular formula is C28H20Br2ClIS2. The fraction of sp³-hybridized carbons (Fsp3) is 0.143. The molecule has 0 amide bonds. The van der Waals surface area contributed by atoms with E-state index < -0.39 is 0 Å². The van der Waals surface area contributed by atoms with Gasteiger partial charge in [0.1, 0.15) is 0 Å². The summed E-state index contributed by atoms with van der Waals surface area (Å²) in [5, 5.41) is 6.30. The smallest absolute Gasteiger partial charge is 0.0452 e. The number of benzene rings is 4. The van der Waals surface area contributed by atoms with E-state index >= 15 is 0 Å². The van der Waals surface area contributed by atoms with E-state index in [2.05, 4.69) is 123 Å². The molecule has 0 saturated carbocycles. The molecule has 172 valence electrons. The van der Waals surface area contributed by atoms with E-state index in [4.69, 9.17) is 11.6 Å². The van der Waals surface area contributed by atoms with Gasteiger partial charge in [-0.1, -0.05) is 81.6 Å². The third kappa shape index (κ3) is 4.57. The summed E-state index contributed by atoms with van der Waals surface area (Å²) >= 11 is 19.5. The van der Waals surface area contributed by atoms with E-state index in [9.17, 15) is 0 Å². The summed E-state index contributed by atoms with van der Waals surface area (Å²) in [4.78, 5) is 0. The maximum Gasteiger partial charge on any atom is 0.0452 e. The number of aryl methyl sites for hydroxylation is 2. The van der Waals surface area contributed by atoms with Gasteiger partial charge in [-0.15, -0.1) is 22.7 Å². The van der Waals surface area contributed by atoms with Crippen molar-refractivity contribution in [2.24, 2.45) is 0 Å². The van der Waals surface area contributed by atoms with Crippen molar-refractivity contribution < 1.29 is 0 Å². The highest BCUT2D eigenvalue weighted by atomic mass is 127. The number of fused-ring (bicyclic) bond motifs is 6. The van der Waals surface area contributed by atoms with Crippen LogP contribution in [0.25, 0.3) is 40.3 Å². The van der Waals surface area contributed by atoms with E-state index in [1.807, 2.05) is 28.7 Å². The van der Waals surface area contributed by atoms with Crippen molar-refractivity contribution in [3.8, 4) is 0 Å². The summed E-state index contributed by atoms with van der Waals surface area (Å²) in [6.45, 7) is 4.37. The van der Waals surface area contributed by atoms with Crippen molar-refractivity contribution >= 4 is 129 Å². The lowest BCUT2D eigenvalue weighted by Gasteiger charge is -2.02. The highest BCUT2D eigenvalue weighted by Gasteiger charge is 2.12. The van der Waals surface area contributed by atoms with Crippen molar-refractivity contribution in [1.29, 1.82) is 0 Å². The minimum absolute atomic E-state index is 0.890. The predicted octanol–water partition coefficient (Wildman–Crippen LogP) is 12.0. The Bertz CT molecular complexity index is 1560. The number of thiophene rings is 2. The lowest BCUT2D eigenvalue weighted by Crippen LogP contribution is -1.81. The van der Waals surface area contributed by atoms with Crippen LogP contribution in [0.2, 0.25) is 5.02 Å². The van der Waals surface area contributed by atoms with E-state index in [1.54, 1.807) is 0 Å². The second kappa shape index (κ2) is 10.3. The summed E-state index contributed by atoms with van der Waals surface area (Å²) in [6.07, 6.45) is 2.05. The molecular weight excluding hydrogens is 723 g/mol. The first-order valence-electron chi connectivity index (χ1n) is 11.0. The van der Waals surface area contributed by atoms with E-state index in [1.165, 1.54) is 59.5 Å². The maximum atomic E-state index is 6.27. The van der Waals surface area contributed by atoms with Gasteiger partial charge >= 0.3 is 0 Å². The zero-order chi connectivity index (χ0) is 24.0. The molecule has 0 aliphatic heterocycles. The fourth-order valence-electron chi connectivity index (χ4n) is 4.35. The quantitative estimate of drug-likeness (QED) is 0.155. The molecule has 0 N–H and O–H groups in total. The lowest BCUT2D eigenvalue weighted by atomic mass is 10.1. The second-order valence-electron chi connectivity index (χ2n) is 8.00. The molecule has 6 rings (SSSR count). The third-order valence-electron chi connectivity index (χ3n) is 6.01. The molecule has 4 aromatic carbocycles. The summed E-state index contributed by atoms with van der Waals surface area (Å²) in [5.74, 6) is 0. The zero-order valence-corrected chi connectivity index (χ0v) is 26.2. The predicted molar refractivity (Wildman–Crippen MR) is 171 cm³/mol. The van der Waals surface area contributed by atoms with Gasteiger partial charge in [0.05, 0.1) is 0 Å². The largest absolute Gasteiger partial charge is 0.135 e. The molecule has 0 atom stereocenters. The van der Waals surface area contributed by atoms with Crippen LogP contribution in [-0.2, 0) is 12.8 Å². The summed E-state index contributed by atoms with van der Waals surface area (Å²) < 4.78 is 9.11. The Hall–Kier alpha value is -0.700. The van der Waals surface area contributed by atoms with Crippen molar-refractivity contribution in [3.63, 3.8) is 0 Å². The minimum Gasteiger partial charge on any atom is -0.135 e. The highest BCUT2D eigenvalue weighted by molar-refractivity contribution is 14.1. The van der Waals surface area contributed by atoms with Crippen molar-refractivity contribution in [3.05, 3.63) is 89.3 Å². The maximum absolute atomic E-state index is 6.27. The SMILES string of the molecule is CCc1c(Br)ccc2c1sc1cc(Br)ccc12.CCc1c(Cl)ccc2c1sc1cc(I)ccc12. The van der Waals surface area contributed by atoms with Crippen LogP contribution in [0.15, 0.2) is 69.6 Å². The number of hydrogen-bond donors (Lipinski definition) is 0. The Kier molecular flexibility index (Phi) is 7.60. The van der Waals surface area contributed by atoms with Crippen LogP contribution in [0, 0.1) is 3.57 Å². The second-order valence-corrected chi connectivity index (χ2v) is 13.5. The molecule has 0 aliphatic carbocycles. The van der Waals surface area contributed by atoms with Gasteiger partial charge in [0, 0.05) is 57.9 Å². The Morgan fingerprint density at radius 3 is 1.94 bits per heavy atom. The Labute approximate surface area is 242 Å². The summed E-state index contributed by atoms with van der Waals surface area (Å²) in [5.41, 5.74) is 2.69. The molecule has 6 aromatic rings. The summed E-state index contributed by atoms with van der Waals surface area (Å²) in [7, 11) is 0. The van der Waals surface area contributed by atoms with Crippen LogP contribution < -0.4 is 0 Å². The van der Waals surface area contributed by atoms with Gasteiger partial charge in [-0.25, -0.2) is 0 Å². The Morgan fingerprint density at radius 2 is 1.26 bits per heavy atom. The van der Waals surface area contributed by atoms with Crippen LogP contribution in [0.1, 0.15) is 25.0 Å². The molecule has 0 spiro atoms. The number of hydrogen-bond acceptors (Lipinski definition) is 2. The Balaban J connectivity index is 0.000000142. The van der Waals surface area contributed by atoms with Gasteiger partial charge in [0.15, 0.2) is 0 Å². The first-order chi connectivity index (χ1) is 16.4. The molecule has 2 aromatic heterocycles. The monoisotopic (exact) mass is 740 g/mol. The van der Waals surface area contributed by atoms with Crippen LogP contribution in [-0.4, -0.2) is 0 Å². The van der Waals surface area contributed by atoms with E-state index in [-0.39, 0.29) is 0 Å². The van der Waals surface area contributed by atoms with Crippen molar-refractivity contribution in [2.75, 3.05) is 0 Å². The molecule has 0 aliphatic rings. The summed E-state index contributed by atoms with van der Waals surface area (Å²) in [6, 6.07) is 21.7. The molecule has 0 saturated heterocycles. The minimum atomic E-state index is 0.890. The van der Waals surface area contributed by atoms with Crippen LogP contribution >= 0.6 is 88.7 Å². The van der Waals surface area contributed by atoms with Crippen LogP contribution in [0.3, 0.4) is 0 Å². The third-order valence-corrected chi connectivity index (χ3v) is 10.7. The van der Waals surface area contributed by atoms with Gasteiger partial charge in [0.25, 0.3) is 0 Å². The molecule has 34 heavy (non-hydrogen) atoms. The molecule has 2 heterocycles. The molecule has 0 radical (unpaired) electrons. The average Bonchev–Trinajstić information content (AvgIpc) is 3.36. The van der Waals surface area contributed by atoms with Crippen molar-refractivity contribution in [2.45, 2.75) is 26.7 Å². The van der Waals surface area contributed by atoms with Gasteiger partial charge in [-0.05, 0) is 83.0 Å². The molecule has 0 nitrogen and oxygen atoms in total. The molecule has 6 heteroatoms. The average molecular weight is 743 g/mol. The van der Waals surface area contributed by atoms with Crippen LogP contribution in [0.4, 0.5) is 0 Å². The molecule has 0 unspecified atom stereocenters. The number of rotatable bonds is 2. The topological polar surface area (TPSA) is 0 Å². The molecule has 0 fully saturated rings. The van der Waals surface area contributed by atoms with E-state index in [0.29, 0.717) is 0 Å². The van der Waals surface area contributed by atoms with Gasteiger partial charge in [-0.3, -0.25) is 0 Å². The fourth-order valence-corrected chi connectivity index (χ4v) is 9.37. The van der Waals surface area contributed by atoms with E-state index in [0.717, 1.165) is 22.3 Å². The standard InChI is InChI=1S/C14H10Br2S.C14H10ClIS/c1-2-9-12(16)6-5-11-10-4-3-8(15)7-13(10)17-14(9)11;1-2-9-12(15)6-5-11-10-4-3-8(16)7-13(10)17-14(9)11/h2*3-7H,2H2,1H3. The van der Waals surface area contributed by atoms with Crippen molar-refractivity contribution in [1.82, 2.24) is 0 Å². The zero-order valence-electron chi connectivity index (χ0n) is 18.5. The lowest BCUT2D eigenvalue weighted by molar-refractivity contribution is 1.15. The first-order valence-corrected chi connectivity index (χ1v) is 15.7. The van der Waals surface area contributed by atoms with Crippen LogP contribution in [0.5, 0.6) is 0 Å². The number of halogens is 4. The highest BCUT2D eigenvalue weighted by Crippen LogP contribution is 2.40. The molecule has 0 bridgehead atoms. The van der Waals surface area contributed by atoms with Gasteiger partial charge < -0.3 is 0 Å². The van der Waals surface area contributed by atoms with Gasteiger partial charge in [-0.2, -0.15) is 0 Å². The first kappa shape index (κ1) is 25.0. The van der Waals surface area contributed by atoms with Gasteiger partial charge in [0.2, 0.25) is 0 Å². The Morgan fingerprint density at radius 1 is 0.706 bits per heavy atom. The normalized spacial score (nSPS) is 11.5.